The highest BCUT2D eigenvalue weighted by Gasteiger charge is 2.40. The molecule has 1 rings (SSSR count). The maximum atomic E-state index is 11.8. The fourth-order valence-electron chi connectivity index (χ4n) is 1.52. The van der Waals surface area contributed by atoms with Crippen LogP contribution < -0.4 is 0 Å². The molecule has 0 aromatic rings. The lowest BCUT2D eigenvalue weighted by atomic mass is 9.99. The lowest BCUT2D eigenvalue weighted by Crippen LogP contribution is -2.52. The summed E-state index contributed by atoms with van der Waals surface area (Å²) in [5.41, 5.74) is 0. The van der Waals surface area contributed by atoms with Crippen LogP contribution in [0.15, 0.2) is 4.99 Å². The Labute approximate surface area is 93.9 Å². The van der Waals surface area contributed by atoms with Crippen molar-refractivity contribution in [1.82, 2.24) is 9.80 Å². The van der Waals surface area contributed by atoms with E-state index in [2.05, 4.69) is 4.99 Å². The second-order valence-electron chi connectivity index (χ2n) is 3.79. The van der Waals surface area contributed by atoms with Gasteiger partial charge in [0.1, 0.15) is 0 Å². The highest BCUT2D eigenvalue weighted by atomic mass is 16.2. The topological polar surface area (TPSA) is 70.1 Å². The lowest BCUT2D eigenvalue weighted by molar-refractivity contribution is -0.144. The highest BCUT2D eigenvalue weighted by molar-refractivity contribution is 6.25. The summed E-state index contributed by atoms with van der Waals surface area (Å²) in [6.07, 6.45) is 0.156. The van der Waals surface area contributed by atoms with Crippen LogP contribution in [0.4, 0.5) is 0 Å². The van der Waals surface area contributed by atoms with Crippen LogP contribution in [-0.2, 0) is 14.4 Å². The second kappa shape index (κ2) is 4.42. The fraction of sp³-hybridized carbons (Fsp3) is 0.600. The standard InChI is InChI=1S/C10H15N3O3/c1-5-6(14)7-8(15)11-10(12(2)3)13(4)9(7)16/h7H,5H2,1-4H3. The maximum absolute atomic E-state index is 11.8. The normalized spacial score (nSPS) is 20.9. The van der Waals surface area contributed by atoms with Gasteiger partial charge in [0.25, 0.3) is 5.91 Å². The molecule has 1 atom stereocenters. The zero-order valence-electron chi connectivity index (χ0n) is 9.85. The molecule has 0 fully saturated rings. The molecule has 2 amide bonds. The SMILES string of the molecule is CCC(=O)C1C(=O)N=C(N(C)C)N(C)C1=O. The average molecular weight is 225 g/mol. The molecule has 0 aromatic carbocycles. The number of Topliss-reactive ketones (excluding diaryl/α,β-unsaturated/α-hetero) is 1. The molecule has 0 N–H and O–H groups in total. The van der Waals surface area contributed by atoms with Crippen LogP contribution in [0.3, 0.4) is 0 Å². The first-order valence-corrected chi connectivity index (χ1v) is 5.00. The van der Waals surface area contributed by atoms with E-state index in [1.165, 1.54) is 11.9 Å². The maximum Gasteiger partial charge on any atom is 0.269 e. The molecule has 0 radical (unpaired) electrons. The minimum atomic E-state index is -1.25. The number of aliphatic imine (C=N–C) groups is 1. The summed E-state index contributed by atoms with van der Waals surface area (Å²) < 4.78 is 0. The Morgan fingerprint density at radius 1 is 1.44 bits per heavy atom. The van der Waals surface area contributed by atoms with E-state index in [1.807, 2.05) is 0 Å². The van der Waals surface area contributed by atoms with Crippen molar-refractivity contribution in [3.63, 3.8) is 0 Å². The second-order valence-corrected chi connectivity index (χ2v) is 3.79. The first-order chi connectivity index (χ1) is 7.40. The van der Waals surface area contributed by atoms with Crippen molar-refractivity contribution in [2.24, 2.45) is 10.9 Å². The predicted octanol–water partition coefficient (Wildman–Crippen LogP) is -0.502. The van der Waals surface area contributed by atoms with Gasteiger partial charge >= 0.3 is 0 Å². The molecule has 1 heterocycles. The molecule has 1 aliphatic rings. The Morgan fingerprint density at radius 3 is 2.44 bits per heavy atom. The number of guanidine groups is 1. The summed E-state index contributed by atoms with van der Waals surface area (Å²) >= 11 is 0. The summed E-state index contributed by atoms with van der Waals surface area (Å²) in [4.78, 5) is 41.4. The Kier molecular flexibility index (Phi) is 3.41. The van der Waals surface area contributed by atoms with Crippen LogP contribution in [0.2, 0.25) is 0 Å². The third-order valence-corrected chi connectivity index (χ3v) is 2.41. The van der Waals surface area contributed by atoms with E-state index in [0.29, 0.717) is 0 Å². The van der Waals surface area contributed by atoms with Crippen LogP contribution in [0.25, 0.3) is 0 Å². The number of nitrogens with zero attached hydrogens (tertiary/aromatic N) is 3. The van der Waals surface area contributed by atoms with Crippen molar-refractivity contribution in [1.29, 1.82) is 0 Å². The van der Waals surface area contributed by atoms with Crippen molar-refractivity contribution < 1.29 is 14.4 Å². The molecule has 1 aliphatic heterocycles. The summed E-state index contributed by atoms with van der Waals surface area (Å²) in [6, 6.07) is 0. The van der Waals surface area contributed by atoms with Gasteiger partial charge in [-0.2, -0.15) is 4.99 Å². The van der Waals surface area contributed by atoms with E-state index < -0.39 is 17.7 Å². The molecule has 1 unspecified atom stereocenters. The van der Waals surface area contributed by atoms with E-state index in [0.717, 1.165) is 0 Å². The number of carbonyl (C=O) groups is 3. The molecule has 0 saturated carbocycles. The molecular formula is C10H15N3O3. The van der Waals surface area contributed by atoms with Gasteiger partial charge in [-0.1, -0.05) is 6.92 Å². The monoisotopic (exact) mass is 225 g/mol. The number of carbonyl (C=O) groups excluding carboxylic acids is 3. The van der Waals surface area contributed by atoms with Crippen molar-refractivity contribution in [3.05, 3.63) is 0 Å². The van der Waals surface area contributed by atoms with Gasteiger partial charge in [-0.3, -0.25) is 19.3 Å². The number of hydrogen-bond donors (Lipinski definition) is 0. The Balaban J connectivity index is 3.10. The molecule has 0 bridgehead atoms. The predicted molar refractivity (Wildman–Crippen MR) is 57.7 cm³/mol. The molecular weight excluding hydrogens is 210 g/mol. The molecule has 0 spiro atoms. The van der Waals surface area contributed by atoms with Crippen molar-refractivity contribution >= 4 is 23.6 Å². The summed E-state index contributed by atoms with van der Waals surface area (Å²) in [7, 11) is 4.86. The van der Waals surface area contributed by atoms with Gasteiger partial charge in [0.2, 0.25) is 11.9 Å². The Morgan fingerprint density at radius 2 is 2.00 bits per heavy atom. The molecule has 0 aliphatic carbocycles. The molecule has 16 heavy (non-hydrogen) atoms. The minimum Gasteiger partial charge on any atom is -0.348 e. The largest absolute Gasteiger partial charge is 0.348 e. The number of ketones is 1. The van der Waals surface area contributed by atoms with Crippen LogP contribution in [0.5, 0.6) is 0 Å². The molecule has 6 heteroatoms. The molecule has 88 valence electrons. The van der Waals surface area contributed by atoms with Crippen molar-refractivity contribution in [2.45, 2.75) is 13.3 Å². The molecule has 0 saturated heterocycles. The van der Waals surface area contributed by atoms with Crippen molar-refractivity contribution in [2.75, 3.05) is 21.1 Å². The smallest absolute Gasteiger partial charge is 0.269 e. The van der Waals surface area contributed by atoms with Gasteiger partial charge in [-0.25, -0.2) is 0 Å². The van der Waals surface area contributed by atoms with E-state index in [1.54, 1.807) is 25.9 Å². The van der Waals surface area contributed by atoms with Crippen LogP contribution >= 0.6 is 0 Å². The number of hydrogen-bond acceptors (Lipinski definition) is 4. The third kappa shape index (κ3) is 1.95. The summed E-state index contributed by atoms with van der Waals surface area (Å²) in [5, 5.41) is 0. The van der Waals surface area contributed by atoms with Gasteiger partial charge < -0.3 is 4.90 Å². The highest BCUT2D eigenvalue weighted by Crippen LogP contribution is 2.15. The first kappa shape index (κ1) is 12.4. The Bertz CT molecular complexity index is 374. The summed E-state index contributed by atoms with van der Waals surface area (Å²) in [5.74, 6) is -2.55. The fourth-order valence-corrected chi connectivity index (χ4v) is 1.52. The zero-order valence-corrected chi connectivity index (χ0v) is 9.85. The zero-order chi connectivity index (χ0) is 12.5. The average Bonchev–Trinajstić information content (AvgIpc) is 2.22. The van der Waals surface area contributed by atoms with Gasteiger partial charge in [-0.15, -0.1) is 0 Å². The van der Waals surface area contributed by atoms with E-state index >= 15 is 0 Å². The van der Waals surface area contributed by atoms with E-state index in [9.17, 15) is 14.4 Å². The van der Waals surface area contributed by atoms with Gasteiger partial charge in [-0.05, 0) is 0 Å². The molecule has 0 aromatic heterocycles. The minimum absolute atomic E-state index is 0.156. The first-order valence-electron chi connectivity index (χ1n) is 5.00. The quantitative estimate of drug-likeness (QED) is 0.594. The van der Waals surface area contributed by atoms with Gasteiger partial charge in [0, 0.05) is 27.6 Å². The van der Waals surface area contributed by atoms with Crippen LogP contribution in [0, 0.1) is 5.92 Å². The van der Waals surface area contributed by atoms with Crippen molar-refractivity contribution in [3.8, 4) is 0 Å². The lowest BCUT2D eigenvalue weighted by Gasteiger charge is -2.30. The third-order valence-electron chi connectivity index (χ3n) is 2.41. The van der Waals surface area contributed by atoms with Crippen LogP contribution in [0.1, 0.15) is 13.3 Å². The van der Waals surface area contributed by atoms with Crippen LogP contribution in [-0.4, -0.2) is 54.5 Å². The number of amides is 2. The Hall–Kier alpha value is -1.72. The number of rotatable bonds is 2. The molecule has 6 nitrogen and oxygen atoms in total. The van der Waals surface area contributed by atoms with Gasteiger partial charge in [0.05, 0.1) is 0 Å². The van der Waals surface area contributed by atoms with Gasteiger partial charge in [0.15, 0.2) is 11.7 Å². The van der Waals surface area contributed by atoms with E-state index in [-0.39, 0.29) is 18.2 Å². The summed E-state index contributed by atoms with van der Waals surface area (Å²) in [6.45, 7) is 1.62. The van der Waals surface area contributed by atoms with E-state index in [4.69, 9.17) is 0 Å².